The van der Waals surface area contributed by atoms with Crippen molar-refractivity contribution in [2.24, 2.45) is 11.8 Å². The molecule has 2 heterocycles. The molecule has 120 valence electrons. The van der Waals surface area contributed by atoms with Crippen LogP contribution in [0.2, 0.25) is 5.02 Å². The molecule has 4 heteroatoms. The molecule has 0 radical (unpaired) electrons. The van der Waals surface area contributed by atoms with Gasteiger partial charge in [0.05, 0.1) is 0 Å². The minimum atomic E-state index is 0.302. The van der Waals surface area contributed by atoms with Crippen molar-refractivity contribution in [2.75, 3.05) is 19.6 Å². The number of nitrogens with zero attached hydrogens (tertiary/aromatic N) is 1. The number of halogens is 1. The van der Waals surface area contributed by atoms with Crippen molar-refractivity contribution in [1.82, 2.24) is 10.2 Å². The number of fused-ring (bicyclic) bond motifs is 1. The number of carbonyl (C=O) groups is 1. The van der Waals surface area contributed by atoms with E-state index in [9.17, 15) is 4.79 Å². The van der Waals surface area contributed by atoms with Gasteiger partial charge < -0.3 is 10.2 Å². The first-order chi connectivity index (χ1) is 10.6. The Kier molecular flexibility index (Phi) is 5.04. The maximum absolute atomic E-state index is 12.6. The molecule has 0 aliphatic carbocycles. The summed E-state index contributed by atoms with van der Waals surface area (Å²) in [6.45, 7) is 5.95. The molecule has 3 nitrogen and oxygen atoms in total. The molecule has 1 fully saturated rings. The Bertz CT molecular complexity index is 540. The van der Waals surface area contributed by atoms with Crippen LogP contribution in [0.4, 0.5) is 0 Å². The number of carbonyl (C=O) groups excluding carboxylic acids is 1. The zero-order valence-corrected chi connectivity index (χ0v) is 14.0. The Labute approximate surface area is 138 Å². The predicted molar refractivity (Wildman–Crippen MR) is 89.9 cm³/mol. The highest BCUT2D eigenvalue weighted by atomic mass is 35.5. The van der Waals surface area contributed by atoms with E-state index in [0.29, 0.717) is 30.7 Å². The normalized spacial score (nSPS) is 20.5. The first kappa shape index (κ1) is 15.8. The average Bonchev–Trinajstić information content (AvgIpc) is 2.55. The fourth-order valence-electron chi connectivity index (χ4n) is 3.76. The summed E-state index contributed by atoms with van der Waals surface area (Å²) in [6, 6.07) is 6.01. The quantitative estimate of drug-likeness (QED) is 0.927. The van der Waals surface area contributed by atoms with E-state index < -0.39 is 0 Å². The van der Waals surface area contributed by atoms with Gasteiger partial charge in [-0.2, -0.15) is 0 Å². The van der Waals surface area contributed by atoms with Gasteiger partial charge in [0.15, 0.2) is 0 Å². The lowest BCUT2D eigenvalue weighted by molar-refractivity contribution is -0.133. The molecule has 0 bridgehead atoms. The van der Waals surface area contributed by atoms with Crippen LogP contribution in [-0.4, -0.2) is 30.4 Å². The molecule has 1 unspecified atom stereocenters. The predicted octanol–water partition coefficient (Wildman–Crippen LogP) is 3.25. The molecule has 3 rings (SSSR count). The van der Waals surface area contributed by atoms with Gasteiger partial charge in [-0.05, 0) is 61.4 Å². The van der Waals surface area contributed by atoms with E-state index in [1.807, 2.05) is 17.0 Å². The van der Waals surface area contributed by atoms with E-state index in [0.717, 1.165) is 31.1 Å². The SMILES string of the molecule is CC(CC(=O)N1CCc2c(Cl)cccc2C1)C1CCNCC1. The van der Waals surface area contributed by atoms with Crippen LogP contribution in [-0.2, 0) is 17.8 Å². The summed E-state index contributed by atoms with van der Waals surface area (Å²) in [5, 5.41) is 4.24. The van der Waals surface area contributed by atoms with Crippen molar-refractivity contribution in [2.45, 2.75) is 39.2 Å². The van der Waals surface area contributed by atoms with Crippen molar-refractivity contribution in [3.63, 3.8) is 0 Å². The summed E-state index contributed by atoms with van der Waals surface area (Å²) in [5.74, 6) is 1.48. The first-order valence-corrected chi connectivity index (χ1v) is 8.77. The number of hydrogen-bond acceptors (Lipinski definition) is 2. The average molecular weight is 321 g/mol. The van der Waals surface area contributed by atoms with Crippen LogP contribution >= 0.6 is 11.6 Å². The summed E-state index contributed by atoms with van der Waals surface area (Å²) >= 11 is 6.25. The van der Waals surface area contributed by atoms with Gasteiger partial charge in [-0.25, -0.2) is 0 Å². The van der Waals surface area contributed by atoms with E-state index in [1.165, 1.54) is 24.0 Å². The van der Waals surface area contributed by atoms with Crippen molar-refractivity contribution in [3.05, 3.63) is 34.3 Å². The summed E-state index contributed by atoms with van der Waals surface area (Å²) < 4.78 is 0. The van der Waals surface area contributed by atoms with Crippen LogP contribution in [0, 0.1) is 11.8 Å². The molecule has 2 aliphatic rings. The van der Waals surface area contributed by atoms with Gasteiger partial charge in [0.2, 0.25) is 5.91 Å². The molecule has 1 aromatic rings. The fraction of sp³-hybridized carbons (Fsp3) is 0.611. The molecule has 1 saturated heterocycles. The third-order valence-corrected chi connectivity index (χ3v) is 5.60. The summed E-state index contributed by atoms with van der Waals surface area (Å²) in [4.78, 5) is 14.6. The van der Waals surface area contributed by atoms with E-state index in [-0.39, 0.29) is 0 Å². The fourth-order valence-corrected chi connectivity index (χ4v) is 4.05. The summed E-state index contributed by atoms with van der Waals surface area (Å²) in [6.07, 6.45) is 3.96. The topological polar surface area (TPSA) is 32.3 Å². The van der Waals surface area contributed by atoms with Crippen LogP contribution in [0.15, 0.2) is 18.2 Å². The highest BCUT2D eigenvalue weighted by molar-refractivity contribution is 6.31. The monoisotopic (exact) mass is 320 g/mol. The number of rotatable bonds is 3. The molecule has 1 N–H and O–H groups in total. The molecular weight excluding hydrogens is 296 g/mol. The second-order valence-electron chi connectivity index (χ2n) is 6.71. The van der Waals surface area contributed by atoms with Crippen LogP contribution in [0.5, 0.6) is 0 Å². The maximum atomic E-state index is 12.6. The van der Waals surface area contributed by atoms with Gasteiger partial charge in [0.1, 0.15) is 0 Å². The standard InChI is InChI=1S/C18H25ClN2O/c1-13(14-5-8-20-9-6-14)11-18(22)21-10-7-16-15(12-21)3-2-4-17(16)19/h2-4,13-14,20H,5-12H2,1H3. The molecule has 0 saturated carbocycles. The second kappa shape index (κ2) is 7.01. The number of piperidine rings is 1. The van der Waals surface area contributed by atoms with Crippen molar-refractivity contribution in [3.8, 4) is 0 Å². The number of nitrogens with one attached hydrogen (secondary N) is 1. The van der Waals surface area contributed by atoms with Crippen LogP contribution in [0.1, 0.15) is 37.3 Å². The lowest BCUT2D eigenvalue weighted by Crippen LogP contribution is -2.38. The van der Waals surface area contributed by atoms with E-state index in [2.05, 4.69) is 18.3 Å². The van der Waals surface area contributed by atoms with Crippen LogP contribution in [0.25, 0.3) is 0 Å². The Morgan fingerprint density at radius 3 is 2.95 bits per heavy atom. The zero-order valence-electron chi connectivity index (χ0n) is 13.3. The second-order valence-corrected chi connectivity index (χ2v) is 7.12. The van der Waals surface area contributed by atoms with Gasteiger partial charge in [-0.15, -0.1) is 0 Å². The first-order valence-electron chi connectivity index (χ1n) is 8.40. The van der Waals surface area contributed by atoms with Crippen molar-refractivity contribution in [1.29, 1.82) is 0 Å². The maximum Gasteiger partial charge on any atom is 0.223 e. The van der Waals surface area contributed by atoms with Gasteiger partial charge in [0.25, 0.3) is 0 Å². The van der Waals surface area contributed by atoms with Gasteiger partial charge in [0, 0.05) is 24.5 Å². The number of amides is 1. The largest absolute Gasteiger partial charge is 0.338 e. The van der Waals surface area contributed by atoms with E-state index in [4.69, 9.17) is 11.6 Å². The molecule has 2 aliphatic heterocycles. The van der Waals surface area contributed by atoms with Gasteiger partial charge in [-0.3, -0.25) is 4.79 Å². The molecule has 1 atom stereocenters. The van der Waals surface area contributed by atoms with Gasteiger partial charge in [-0.1, -0.05) is 30.7 Å². The van der Waals surface area contributed by atoms with Gasteiger partial charge >= 0.3 is 0 Å². The van der Waals surface area contributed by atoms with E-state index in [1.54, 1.807) is 0 Å². The van der Waals surface area contributed by atoms with Crippen LogP contribution < -0.4 is 5.32 Å². The Morgan fingerprint density at radius 1 is 1.41 bits per heavy atom. The molecule has 1 amide bonds. The Hall–Kier alpha value is -1.06. The Balaban J connectivity index is 1.59. The van der Waals surface area contributed by atoms with Crippen LogP contribution in [0.3, 0.4) is 0 Å². The lowest BCUT2D eigenvalue weighted by Gasteiger charge is -2.32. The minimum Gasteiger partial charge on any atom is -0.338 e. The molecule has 0 spiro atoms. The highest BCUT2D eigenvalue weighted by Crippen LogP contribution is 2.28. The number of hydrogen-bond donors (Lipinski definition) is 1. The smallest absolute Gasteiger partial charge is 0.223 e. The number of benzene rings is 1. The van der Waals surface area contributed by atoms with Crippen molar-refractivity contribution >= 4 is 17.5 Å². The third kappa shape index (κ3) is 3.47. The lowest BCUT2D eigenvalue weighted by atomic mass is 9.83. The third-order valence-electron chi connectivity index (χ3n) is 5.25. The summed E-state index contributed by atoms with van der Waals surface area (Å²) in [7, 11) is 0. The molecular formula is C18H25ClN2O. The highest BCUT2D eigenvalue weighted by Gasteiger charge is 2.26. The minimum absolute atomic E-state index is 0.302. The molecule has 0 aromatic heterocycles. The Morgan fingerprint density at radius 2 is 2.18 bits per heavy atom. The van der Waals surface area contributed by atoms with E-state index >= 15 is 0 Å². The molecule has 1 aromatic carbocycles. The molecule has 22 heavy (non-hydrogen) atoms. The summed E-state index contributed by atoms with van der Waals surface area (Å²) in [5.41, 5.74) is 2.43. The van der Waals surface area contributed by atoms with Crippen molar-refractivity contribution < 1.29 is 4.79 Å². The zero-order chi connectivity index (χ0) is 15.5.